The molecule has 0 unspecified atom stereocenters. The Morgan fingerprint density at radius 2 is 2.27 bits per heavy atom. The second-order valence-corrected chi connectivity index (χ2v) is 3.34. The number of aromatic nitrogens is 2. The van der Waals surface area contributed by atoms with E-state index in [0.29, 0.717) is 5.56 Å². The molecule has 0 aliphatic heterocycles. The van der Waals surface area contributed by atoms with Crippen LogP contribution in [0.25, 0.3) is 5.69 Å². The molecule has 4 nitrogen and oxygen atoms in total. The van der Waals surface area contributed by atoms with Gasteiger partial charge in [0.15, 0.2) is 0 Å². The number of amides is 1. The normalized spacial score (nSPS) is 10.2. The number of carbonyl (C=O) groups is 1. The Hall–Kier alpha value is -2.10. The molecule has 0 fully saturated rings. The summed E-state index contributed by atoms with van der Waals surface area (Å²) in [6, 6.07) is 5.35. The fourth-order valence-corrected chi connectivity index (χ4v) is 1.44. The summed E-state index contributed by atoms with van der Waals surface area (Å²) in [7, 11) is 0. The molecule has 2 aromatic rings. The van der Waals surface area contributed by atoms with Gasteiger partial charge in [-0.2, -0.15) is 0 Å². The van der Waals surface area contributed by atoms with E-state index in [1.807, 2.05) is 23.8 Å². The molecule has 0 radical (unpaired) electrons. The summed E-state index contributed by atoms with van der Waals surface area (Å²) in [5.74, 6) is -0.420. The van der Waals surface area contributed by atoms with Crippen LogP contribution >= 0.6 is 0 Å². The van der Waals surface area contributed by atoms with Crippen molar-refractivity contribution in [2.75, 3.05) is 0 Å². The first-order valence-corrected chi connectivity index (χ1v) is 4.57. The average Bonchev–Trinajstić information content (AvgIpc) is 2.71. The van der Waals surface area contributed by atoms with Gasteiger partial charge >= 0.3 is 0 Å². The van der Waals surface area contributed by atoms with Gasteiger partial charge in [0.1, 0.15) is 0 Å². The summed E-state index contributed by atoms with van der Waals surface area (Å²) >= 11 is 0. The van der Waals surface area contributed by atoms with Crippen molar-refractivity contribution in [3.8, 4) is 5.69 Å². The van der Waals surface area contributed by atoms with Gasteiger partial charge in [-0.3, -0.25) is 4.79 Å². The first kappa shape index (κ1) is 9.45. The van der Waals surface area contributed by atoms with E-state index in [1.165, 1.54) is 0 Å². The summed E-state index contributed by atoms with van der Waals surface area (Å²) in [4.78, 5) is 15.0. The van der Waals surface area contributed by atoms with E-state index < -0.39 is 5.91 Å². The number of benzene rings is 1. The standard InChI is InChI=1S/C11H11N3O/c1-8-2-3-9(11(12)15)6-10(8)14-5-4-13-7-14/h2-7H,1H3,(H2,12,15). The summed E-state index contributed by atoms with van der Waals surface area (Å²) in [6.45, 7) is 1.97. The fourth-order valence-electron chi connectivity index (χ4n) is 1.44. The van der Waals surface area contributed by atoms with E-state index in [1.54, 1.807) is 24.7 Å². The Kier molecular flexibility index (Phi) is 2.25. The molecule has 0 saturated carbocycles. The van der Waals surface area contributed by atoms with Crippen LogP contribution in [-0.4, -0.2) is 15.5 Å². The Morgan fingerprint density at radius 3 is 2.87 bits per heavy atom. The maximum atomic E-state index is 11.0. The molecule has 15 heavy (non-hydrogen) atoms. The quantitative estimate of drug-likeness (QED) is 0.795. The molecule has 1 heterocycles. The summed E-state index contributed by atoms with van der Waals surface area (Å²) < 4.78 is 1.85. The molecule has 2 N–H and O–H groups in total. The second kappa shape index (κ2) is 3.57. The molecule has 76 valence electrons. The molecule has 1 amide bonds. The van der Waals surface area contributed by atoms with Gasteiger partial charge in [-0.1, -0.05) is 6.07 Å². The van der Waals surface area contributed by atoms with Crippen molar-refractivity contribution in [3.63, 3.8) is 0 Å². The van der Waals surface area contributed by atoms with Crippen LogP contribution in [0.1, 0.15) is 15.9 Å². The number of hydrogen-bond acceptors (Lipinski definition) is 2. The molecular formula is C11H11N3O. The summed E-state index contributed by atoms with van der Waals surface area (Å²) in [5.41, 5.74) is 7.71. The maximum Gasteiger partial charge on any atom is 0.248 e. The lowest BCUT2D eigenvalue weighted by molar-refractivity contribution is 0.100. The zero-order chi connectivity index (χ0) is 10.8. The third-order valence-electron chi connectivity index (χ3n) is 2.28. The number of primary amides is 1. The molecule has 1 aromatic heterocycles. The van der Waals surface area contributed by atoms with Crippen LogP contribution in [0, 0.1) is 6.92 Å². The van der Waals surface area contributed by atoms with E-state index >= 15 is 0 Å². The Bertz CT molecular complexity index is 489. The smallest absolute Gasteiger partial charge is 0.248 e. The van der Waals surface area contributed by atoms with E-state index in [2.05, 4.69) is 4.98 Å². The van der Waals surface area contributed by atoms with Crippen molar-refractivity contribution < 1.29 is 4.79 Å². The summed E-state index contributed by atoms with van der Waals surface area (Å²) in [6.07, 6.45) is 5.20. The van der Waals surface area contributed by atoms with Gasteiger partial charge in [-0.15, -0.1) is 0 Å². The molecule has 0 atom stereocenters. The molecule has 0 aliphatic rings. The van der Waals surface area contributed by atoms with Crippen LogP contribution in [0.4, 0.5) is 0 Å². The van der Waals surface area contributed by atoms with Crippen LogP contribution in [0.15, 0.2) is 36.9 Å². The molecule has 4 heteroatoms. The van der Waals surface area contributed by atoms with Crippen molar-refractivity contribution in [1.82, 2.24) is 9.55 Å². The van der Waals surface area contributed by atoms with Crippen molar-refractivity contribution in [2.45, 2.75) is 6.92 Å². The van der Waals surface area contributed by atoms with Crippen LogP contribution in [0.2, 0.25) is 0 Å². The average molecular weight is 201 g/mol. The minimum Gasteiger partial charge on any atom is -0.366 e. The number of nitrogens with two attached hydrogens (primary N) is 1. The molecule has 0 aliphatic carbocycles. The number of hydrogen-bond donors (Lipinski definition) is 1. The lowest BCUT2D eigenvalue weighted by Crippen LogP contribution is -2.11. The Balaban J connectivity index is 2.55. The van der Waals surface area contributed by atoms with Crippen molar-refractivity contribution >= 4 is 5.91 Å². The second-order valence-electron chi connectivity index (χ2n) is 3.34. The number of imidazole rings is 1. The van der Waals surface area contributed by atoms with Crippen LogP contribution in [0.5, 0.6) is 0 Å². The van der Waals surface area contributed by atoms with Crippen molar-refractivity contribution in [3.05, 3.63) is 48.0 Å². The van der Waals surface area contributed by atoms with Gasteiger partial charge < -0.3 is 10.3 Å². The SMILES string of the molecule is Cc1ccc(C(N)=O)cc1-n1ccnc1. The lowest BCUT2D eigenvalue weighted by Gasteiger charge is -2.07. The van der Waals surface area contributed by atoms with Gasteiger partial charge in [-0.05, 0) is 24.6 Å². The molecule has 1 aromatic carbocycles. The largest absolute Gasteiger partial charge is 0.366 e. The molecule has 0 bridgehead atoms. The predicted octanol–water partition coefficient (Wildman–Crippen LogP) is 1.28. The Labute approximate surface area is 87.4 Å². The first-order valence-electron chi connectivity index (χ1n) is 4.57. The lowest BCUT2D eigenvalue weighted by atomic mass is 10.1. The van der Waals surface area contributed by atoms with E-state index in [4.69, 9.17) is 5.73 Å². The van der Waals surface area contributed by atoms with Gasteiger partial charge in [0.05, 0.1) is 12.0 Å². The minimum absolute atomic E-state index is 0.420. The fraction of sp³-hybridized carbons (Fsp3) is 0.0909. The minimum atomic E-state index is -0.420. The Morgan fingerprint density at radius 1 is 1.47 bits per heavy atom. The predicted molar refractivity (Wildman–Crippen MR) is 56.8 cm³/mol. The molecular weight excluding hydrogens is 190 g/mol. The van der Waals surface area contributed by atoms with Gasteiger partial charge in [-0.25, -0.2) is 4.98 Å². The third kappa shape index (κ3) is 1.74. The van der Waals surface area contributed by atoms with Crippen LogP contribution in [-0.2, 0) is 0 Å². The highest BCUT2D eigenvalue weighted by atomic mass is 16.1. The van der Waals surface area contributed by atoms with Gasteiger partial charge in [0.25, 0.3) is 0 Å². The van der Waals surface area contributed by atoms with Crippen LogP contribution in [0.3, 0.4) is 0 Å². The number of aryl methyl sites for hydroxylation is 1. The van der Waals surface area contributed by atoms with E-state index in [9.17, 15) is 4.79 Å². The zero-order valence-corrected chi connectivity index (χ0v) is 8.34. The number of nitrogens with zero attached hydrogens (tertiary/aromatic N) is 2. The monoisotopic (exact) mass is 201 g/mol. The molecule has 0 spiro atoms. The highest BCUT2D eigenvalue weighted by Gasteiger charge is 2.05. The number of rotatable bonds is 2. The third-order valence-corrected chi connectivity index (χ3v) is 2.28. The maximum absolute atomic E-state index is 11.0. The molecule has 0 saturated heterocycles. The highest BCUT2D eigenvalue weighted by molar-refractivity contribution is 5.93. The topological polar surface area (TPSA) is 60.9 Å². The van der Waals surface area contributed by atoms with E-state index in [0.717, 1.165) is 11.3 Å². The van der Waals surface area contributed by atoms with Crippen molar-refractivity contribution in [1.29, 1.82) is 0 Å². The van der Waals surface area contributed by atoms with Gasteiger partial charge in [0, 0.05) is 18.0 Å². The van der Waals surface area contributed by atoms with E-state index in [-0.39, 0.29) is 0 Å². The first-order chi connectivity index (χ1) is 7.18. The van der Waals surface area contributed by atoms with Crippen molar-refractivity contribution in [2.24, 2.45) is 5.73 Å². The summed E-state index contributed by atoms with van der Waals surface area (Å²) in [5, 5.41) is 0. The van der Waals surface area contributed by atoms with Crippen LogP contribution < -0.4 is 5.73 Å². The highest BCUT2D eigenvalue weighted by Crippen LogP contribution is 2.15. The number of carbonyl (C=O) groups excluding carboxylic acids is 1. The van der Waals surface area contributed by atoms with Gasteiger partial charge in [0.2, 0.25) is 5.91 Å². The zero-order valence-electron chi connectivity index (χ0n) is 8.34. The molecule has 2 rings (SSSR count).